The molecule has 2 unspecified atom stereocenters. The van der Waals surface area contributed by atoms with E-state index in [0.717, 1.165) is 16.5 Å². The summed E-state index contributed by atoms with van der Waals surface area (Å²) in [4.78, 5) is 0. The maximum Gasteiger partial charge on any atom is 0.135 e. The van der Waals surface area contributed by atoms with Gasteiger partial charge in [0.15, 0.2) is 0 Å². The first-order valence-corrected chi connectivity index (χ1v) is 14.1. The van der Waals surface area contributed by atoms with Gasteiger partial charge in [0, 0.05) is 16.1 Å². The molecule has 37 heavy (non-hydrogen) atoms. The Labute approximate surface area is 225 Å². The zero-order valence-corrected chi connectivity index (χ0v) is 22.6. The first kappa shape index (κ1) is 23.1. The third-order valence-electron chi connectivity index (χ3n) is 9.28. The average Bonchev–Trinajstić information content (AvgIpc) is 3.20. The van der Waals surface area contributed by atoms with Gasteiger partial charge in [-0.3, -0.25) is 0 Å². The van der Waals surface area contributed by atoms with E-state index in [0.29, 0.717) is 17.3 Å². The van der Waals surface area contributed by atoms with Gasteiger partial charge in [0.05, 0.1) is 5.41 Å². The Bertz CT molecular complexity index is 1480. The molecule has 186 valence electrons. The van der Waals surface area contributed by atoms with Crippen molar-refractivity contribution in [3.05, 3.63) is 118 Å². The molecule has 1 spiro atoms. The van der Waals surface area contributed by atoms with E-state index in [9.17, 15) is 0 Å². The molecule has 7 rings (SSSR count). The quantitative estimate of drug-likeness (QED) is 0.216. The van der Waals surface area contributed by atoms with Gasteiger partial charge in [-0.05, 0) is 82.5 Å². The van der Waals surface area contributed by atoms with Crippen LogP contribution in [-0.2, 0) is 5.41 Å². The summed E-state index contributed by atoms with van der Waals surface area (Å²) in [6, 6.07) is 30.8. The standard InChI is InChI=1S/C35H33ClO/c1-34(2,3)23-12-10-11-22(19-23)27-20-24(36)21-31-33(27)37-32-18-9-8-17-30(32)35(31)28-15-6-4-13-25(28)26-14-5-7-16-29(26)35/h4-9,13-18,20-23H,10-12,19H2,1-3H3. The molecule has 1 nitrogen and oxygen atoms in total. The van der Waals surface area contributed by atoms with Crippen LogP contribution in [0.15, 0.2) is 84.9 Å². The van der Waals surface area contributed by atoms with E-state index >= 15 is 0 Å². The average molecular weight is 505 g/mol. The molecule has 1 fully saturated rings. The Kier molecular flexibility index (Phi) is 5.14. The second-order valence-corrected chi connectivity index (χ2v) is 12.7. The van der Waals surface area contributed by atoms with Gasteiger partial charge in [-0.15, -0.1) is 0 Å². The Morgan fingerprint density at radius 1 is 0.757 bits per heavy atom. The number of fused-ring (bicyclic) bond motifs is 9. The molecule has 2 atom stereocenters. The van der Waals surface area contributed by atoms with Crippen molar-refractivity contribution in [2.75, 3.05) is 0 Å². The highest BCUT2D eigenvalue weighted by Gasteiger charge is 2.52. The van der Waals surface area contributed by atoms with Crippen molar-refractivity contribution < 1.29 is 4.74 Å². The molecule has 4 aromatic carbocycles. The molecule has 1 aliphatic heterocycles. The van der Waals surface area contributed by atoms with Gasteiger partial charge in [-0.2, -0.15) is 0 Å². The number of rotatable bonds is 1. The van der Waals surface area contributed by atoms with Crippen LogP contribution >= 0.6 is 11.6 Å². The van der Waals surface area contributed by atoms with Crippen LogP contribution < -0.4 is 4.74 Å². The van der Waals surface area contributed by atoms with Crippen LogP contribution in [0.2, 0.25) is 5.02 Å². The van der Waals surface area contributed by atoms with Crippen LogP contribution in [0, 0.1) is 11.3 Å². The van der Waals surface area contributed by atoms with Crippen LogP contribution in [-0.4, -0.2) is 0 Å². The van der Waals surface area contributed by atoms with Crippen molar-refractivity contribution >= 4 is 11.6 Å². The molecule has 0 aromatic heterocycles. The van der Waals surface area contributed by atoms with E-state index in [-0.39, 0.29) is 0 Å². The number of halogens is 1. The minimum absolute atomic E-state index is 0.301. The van der Waals surface area contributed by atoms with Gasteiger partial charge in [-0.25, -0.2) is 0 Å². The molecule has 0 radical (unpaired) electrons. The molecule has 0 saturated heterocycles. The van der Waals surface area contributed by atoms with Gasteiger partial charge in [0.25, 0.3) is 0 Å². The van der Waals surface area contributed by atoms with Crippen molar-refractivity contribution in [1.82, 2.24) is 0 Å². The first-order chi connectivity index (χ1) is 17.9. The second-order valence-electron chi connectivity index (χ2n) is 12.2. The summed E-state index contributed by atoms with van der Waals surface area (Å²) in [5.74, 6) is 3.11. The third kappa shape index (κ3) is 3.29. The van der Waals surface area contributed by atoms with E-state index < -0.39 is 5.41 Å². The fraction of sp³-hybridized carbons (Fsp3) is 0.314. The minimum atomic E-state index is -0.449. The molecule has 0 bridgehead atoms. The van der Waals surface area contributed by atoms with Gasteiger partial charge >= 0.3 is 0 Å². The largest absolute Gasteiger partial charge is 0.456 e. The van der Waals surface area contributed by atoms with Crippen molar-refractivity contribution in [2.45, 2.75) is 57.8 Å². The Morgan fingerprint density at radius 3 is 2.05 bits per heavy atom. The highest BCUT2D eigenvalue weighted by molar-refractivity contribution is 6.30. The number of hydrogen-bond donors (Lipinski definition) is 0. The molecular weight excluding hydrogens is 472 g/mol. The molecule has 1 saturated carbocycles. The summed E-state index contributed by atoms with van der Waals surface area (Å²) in [6.45, 7) is 7.17. The summed E-state index contributed by atoms with van der Waals surface area (Å²) in [7, 11) is 0. The van der Waals surface area contributed by atoms with Gasteiger partial charge < -0.3 is 4.74 Å². The summed E-state index contributed by atoms with van der Waals surface area (Å²) in [5, 5.41) is 0.802. The van der Waals surface area contributed by atoms with Crippen LogP contribution in [0.3, 0.4) is 0 Å². The highest BCUT2D eigenvalue weighted by Crippen LogP contribution is 2.63. The second kappa shape index (κ2) is 8.23. The Balaban J connectivity index is 1.53. The molecular formula is C35H33ClO. The number of benzene rings is 4. The molecule has 0 N–H and O–H groups in total. The summed E-state index contributed by atoms with van der Waals surface area (Å²) < 4.78 is 6.90. The summed E-state index contributed by atoms with van der Waals surface area (Å²) >= 11 is 7.01. The lowest BCUT2D eigenvalue weighted by atomic mass is 9.64. The normalized spacial score (nSPS) is 21.0. The highest BCUT2D eigenvalue weighted by atomic mass is 35.5. The first-order valence-electron chi connectivity index (χ1n) is 13.7. The van der Waals surface area contributed by atoms with Gasteiger partial charge in [0.1, 0.15) is 11.5 Å². The van der Waals surface area contributed by atoms with E-state index in [4.69, 9.17) is 16.3 Å². The van der Waals surface area contributed by atoms with Crippen LogP contribution in [0.4, 0.5) is 0 Å². The van der Waals surface area contributed by atoms with E-state index in [1.165, 1.54) is 64.6 Å². The number of para-hydroxylation sites is 1. The summed E-state index contributed by atoms with van der Waals surface area (Å²) in [6.07, 6.45) is 4.92. The molecule has 4 aromatic rings. The maximum absolute atomic E-state index is 7.01. The van der Waals surface area contributed by atoms with Gasteiger partial charge in [-0.1, -0.05) is 106 Å². The van der Waals surface area contributed by atoms with E-state index in [1.54, 1.807) is 0 Å². The molecule has 3 aliphatic rings. The van der Waals surface area contributed by atoms with E-state index in [2.05, 4.69) is 106 Å². The third-order valence-corrected chi connectivity index (χ3v) is 9.50. The SMILES string of the molecule is CC(C)(C)C1CCCC(c2cc(Cl)cc3c2Oc2ccccc2C32c3ccccc3-c3ccccc32)C1. The molecule has 0 amide bonds. The molecule has 1 heterocycles. The zero-order valence-electron chi connectivity index (χ0n) is 21.9. The lowest BCUT2D eigenvalue weighted by molar-refractivity contribution is 0.164. The van der Waals surface area contributed by atoms with Crippen molar-refractivity contribution in [3.8, 4) is 22.6 Å². The lowest BCUT2D eigenvalue weighted by Crippen LogP contribution is -2.33. The summed E-state index contributed by atoms with van der Waals surface area (Å²) in [5.41, 5.74) is 8.75. The van der Waals surface area contributed by atoms with Crippen LogP contribution in [0.5, 0.6) is 11.5 Å². The van der Waals surface area contributed by atoms with Crippen molar-refractivity contribution in [3.63, 3.8) is 0 Å². The fourth-order valence-corrected chi connectivity index (χ4v) is 7.73. The van der Waals surface area contributed by atoms with Gasteiger partial charge in [0.2, 0.25) is 0 Å². The van der Waals surface area contributed by atoms with Crippen molar-refractivity contribution in [1.29, 1.82) is 0 Å². The number of ether oxygens (including phenoxy) is 1. The maximum atomic E-state index is 7.01. The van der Waals surface area contributed by atoms with E-state index in [1.807, 2.05) is 0 Å². The van der Waals surface area contributed by atoms with Crippen LogP contribution in [0.25, 0.3) is 11.1 Å². The van der Waals surface area contributed by atoms with Crippen molar-refractivity contribution in [2.24, 2.45) is 11.3 Å². The minimum Gasteiger partial charge on any atom is -0.456 e. The Hall–Kier alpha value is -3.03. The Morgan fingerprint density at radius 2 is 1.38 bits per heavy atom. The number of hydrogen-bond acceptors (Lipinski definition) is 1. The van der Waals surface area contributed by atoms with Crippen LogP contribution in [0.1, 0.15) is 80.2 Å². The fourth-order valence-electron chi connectivity index (χ4n) is 7.51. The smallest absolute Gasteiger partial charge is 0.135 e. The lowest BCUT2D eigenvalue weighted by Gasteiger charge is -2.42. The monoisotopic (exact) mass is 504 g/mol. The molecule has 2 aliphatic carbocycles. The zero-order chi connectivity index (χ0) is 25.4. The predicted octanol–water partition coefficient (Wildman–Crippen LogP) is 10.1. The predicted molar refractivity (Wildman–Crippen MR) is 153 cm³/mol. The topological polar surface area (TPSA) is 9.23 Å². The molecule has 2 heteroatoms.